The van der Waals surface area contributed by atoms with Crippen LogP contribution in [0.15, 0.2) is 65.2 Å². The summed E-state index contributed by atoms with van der Waals surface area (Å²) in [5.41, 5.74) is 9.69. The number of anilines is 1. The van der Waals surface area contributed by atoms with E-state index in [1.165, 1.54) is 0 Å². The number of H-pyrrole nitrogens is 1. The van der Waals surface area contributed by atoms with Crippen LogP contribution in [0.3, 0.4) is 0 Å². The first-order valence-corrected chi connectivity index (χ1v) is 7.91. The third-order valence-electron chi connectivity index (χ3n) is 4.47. The molecule has 5 heteroatoms. The predicted octanol–water partition coefficient (Wildman–Crippen LogP) is 4.28. The van der Waals surface area contributed by atoms with Crippen molar-refractivity contribution in [2.75, 3.05) is 5.73 Å². The summed E-state index contributed by atoms with van der Waals surface area (Å²) in [5, 5.41) is 6.63. The number of nitrogens with zero attached hydrogens (tertiary/aromatic N) is 1. The normalized spacial score (nSPS) is 11.5. The number of nitrogens with two attached hydrogens (primary N) is 1. The van der Waals surface area contributed by atoms with Gasteiger partial charge in [-0.15, -0.1) is 0 Å². The maximum Gasteiger partial charge on any atom is 0.217 e. The molecule has 0 radical (unpaired) electrons. The van der Waals surface area contributed by atoms with Crippen LogP contribution < -0.4 is 5.73 Å². The van der Waals surface area contributed by atoms with Crippen molar-refractivity contribution >= 4 is 44.2 Å². The van der Waals surface area contributed by atoms with Crippen LogP contribution in [0.5, 0.6) is 0 Å². The van der Waals surface area contributed by atoms with Crippen LogP contribution in [-0.2, 0) is 0 Å². The van der Waals surface area contributed by atoms with E-state index in [-0.39, 0.29) is 5.78 Å². The Hall–Kier alpha value is -3.60. The Kier molecular flexibility index (Phi) is 2.73. The van der Waals surface area contributed by atoms with E-state index in [9.17, 15) is 4.79 Å². The van der Waals surface area contributed by atoms with Crippen LogP contribution in [0.25, 0.3) is 32.8 Å². The summed E-state index contributed by atoms with van der Waals surface area (Å²) in [4.78, 5) is 16.5. The minimum Gasteiger partial charge on any atom is -0.399 e. The van der Waals surface area contributed by atoms with Gasteiger partial charge in [-0.1, -0.05) is 35.5 Å². The van der Waals surface area contributed by atoms with E-state index >= 15 is 0 Å². The van der Waals surface area contributed by atoms with Crippen LogP contribution in [-0.4, -0.2) is 15.9 Å². The highest BCUT2D eigenvalue weighted by Crippen LogP contribution is 2.32. The molecule has 5 nitrogen and oxygen atoms in total. The van der Waals surface area contributed by atoms with E-state index in [1.54, 1.807) is 12.1 Å². The summed E-state index contributed by atoms with van der Waals surface area (Å²) in [6.07, 6.45) is 0. The monoisotopic (exact) mass is 327 g/mol. The molecule has 5 aromatic rings. The fourth-order valence-corrected chi connectivity index (χ4v) is 3.33. The largest absolute Gasteiger partial charge is 0.399 e. The number of nitrogens with one attached hydrogen (secondary N) is 1. The third-order valence-corrected chi connectivity index (χ3v) is 4.47. The Balaban J connectivity index is 1.81. The third kappa shape index (κ3) is 1.96. The smallest absolute Gasteiger partial charge is 0.217 e. The number of rotatable bonds is 2. The van der Waals surface area contributed by atoms with Crippen LogP contribution in [0.1, 0.15) is 16.1 Å². The molecule has 25 heavy (non-hydrogen) atoms. The van der Waals surface area contributed by atoms with Gasteiger partial charge >= 0.3 is 0 Å². The van der Waals surface area contributed by atoms with E-state index < -0.39 is 0 Å². The van der Waals surface area contributed by atoms with Crippen LogP contribution in [0, 0.1) is 0 Å². The second-order valence-corrected chi connectivity index (χ2v) is 6.02. The molecule has 0 saturated heterocycles. The van der Waals surface area contributed by atoms with Crippen molar-refractivity contribution in [3.05, 3.63) is 71.9 Å². The fourth-order valence-electron chi connectivity index (χ4n) is 3.33. The summed E-state index contributed by atoms with van der Waals surface area (Å²) < 4.78 is 5.28. The SMILES string of the molecule is Nc1cc(C(=O)c2noc3ccccc23)c2[nH]c3ccccc3c2c1. The molecule has 3 aromatic carbocycles. The van der Waals surface area contributed by atoms with E-state index in [0.29, 0.717) is 27.9 Å². The quantitative estimate of drug-likeness (QED) is 0.374. The highest BCUT2D eigenvalue weighted by atomic mass is 16.5. The fraction of sp³-hybridized carbons (Fsp3) is 0. The van der Waals surface area contributed by atoms with Gasteiger partial charge in [0.25, 0.3) is 0 Å². The molecule has 0 bridgehead atoms. The molecule has 0 spiro atoms. The molecule has 5 rings (SSSR count). The van der Waals surface area contributed by atoms with Crippen molar-refractivity contribution in [2.45, 2.75) is 0 Å². The topological polar surface area (TPSA) is 84.9 Å². The molecule has 2 heterocycles. The van der Waals surface area contributed by atoms with Gasteiger partial charge < -0.3 is 15.2 Å². The molecule has 2 aromatic heterocycles. The van der Waals surface area contributed by atoms with Crippen molar-refractivity contribution in [1.29, 1.82) is 0 Å². The van der Waals surface area contributed by atoms with Crippen molar-refractivity contribution in [1.82, 2.24) is 10.1 Å². The number of carbonyl (C=O) groups excluding carboxylic acids is 1. The highest BCUT2D eigenvalue weighted by Gasteiger charge is 2.21. The van der Waals surface area contributed by atoms with Crippen LogP contribution >= 0.6 is 0 Å². The molecule has 0 aliphatic heterocycles. The Morgan fingerprint density at radius 2 is 1.72 bits per heavy atom. The highest BCUT2D eigenvalue weighted by molar-refractivity contribution is 6.23. The molecule has 3 N–H and O–H groups in total. The maximum absolute atomic E-state index is 13.2. The lowest BCUT2D eigenvalue weighted by Gasteiger charge is -2.03. The lowest BCUT2D eigenvalue weighted by molar-refractivity contribution is 0.103. The summed E-state index contributed by atoms with van der Waals surface area (Å²) in [5.74, 6) is -0.214. The summed E-state index contributed by atoms with van der Waals surface area (Å²) in [6.45, 7) is 0. The van der Waals surface area contributed by atoms with Gasteiger partial charge in [0.05, 0.1) is 16.5 Å². The first-order valence-electron chi connectivity index (χ1n) is 7.91. The number of para-hydroxylation sites is 2. The Labute approximate surface area is 142 Å². The van der Waals surface area contributed by atoms with Gasteiger partial charge in [0.15, 0.2) is 11.3 Å². The number of benzene rings is 3. The molecular formula is C20H13N3O2. The molecule has 0 amide bonds. The second-order valence-electron chi connectivity index (χ2n) is 6.02. The van der Waals surface area contributed by atoms with Crippen molar-refractivity contribution < 1.29 is 9.32 Å². The van der Waals surface area contributed by atoms with Gasteiger partial charge in [-0.05, 0) is 30.3 Å². The zero-order valence-electron chi connectivity index (χ0n) is 13.1. The van der Waals surface area contributed by atoms with E-state index in [1.807, 2.05) is 48.5 Å². The van der Waals surface area contributed by atoms with Crippen LogP contribution in [0.2, 0.25) is 0 Å². The van der Waals surface area contributed by atoms with E-state index in [0.717, 1.165) is 21.8 Å². The number of aromatic amines is 1. The summed E-state index contributed by atoms with van der Waals surface area (Å²) >= 11 is 0. The average Bonchev–Trinajstić information content (AvgIpc) is 3.22. The molecule has 0 unspecified atom stereocenters. The first kappa shape index (κ1) is 13.8. The number of aromatic nitrogens is 2. The minimum absolute atomic E-state index is 0.214. The number of nitrogen functional groups attached to an aromatic ring is 1. The lowest BCUT2D eigenvalue weighted by atomic mass is 10.0. The average molecular weight is 327 g/mol. The number of hydrogen-bond acceptors (Lipinski definition) is 4. The number of hydrogen-bond donors (Lipinski definition) is 2. The maximum atomic E-state index is 13.2. The van der Waals surface area contributed by atoms with Gasteiger partial charge in [-0.3, -0.25) is 4.79 Å². The number of ketones is 1. The van der Waals surface area contributed by atoms with Crippen molar-refractivity contribution in [3.63, 3.8) is 0 Å². The summed E-state index contributed by atoms with van der Waals surface area (Å²) in [7, 11) is 0. The Morgan fingerprint density at radius 3 is 2.60 bits per heavy atom. The zero-order chi connectivity index (χ0) is 17.0. The predicted molar refractivity (Wildman–Crippen MR) is 97.7 cm³/mol. The van der Waals surface area contributed by atoms with Crippen molar-refractivity contribution in [2.24, 2.45) is 0 Å². The Bertz CT molecular complexity index is 1280. The first-order chi connectivity index (χ1) is 12.2. The van der Waals surface area contributed by atoms with Gasteiger partial charge in [-0.2, -0.15) is 0 Å². The van der Waals surface area contributed by atoms with Gasteiger partial charge in [0, 0.05) is 22.0 Å². The van der Waals surface area contributed by atoms with Crippen LogP contribution in [0.4, 0.5) is 5.69 Å². The molecule has 0 aliphatic rings. The zero-order valence-corrected chi connectivity index (χ0v) is 13.1. The van der Waals surface area contributed by atoms with E-state index in [2.05, 4.69) is 10.1 Å². The van der Waals surface area contributed by atoms with Gasteiger partial charge in [-0.25, -0.2) is 0 Å². The minimum atomic E-state index is -0.214. The second kappa shape index (κ2) is 4.95. The van der Waals surface area contributed by atoms with E-state index in [4.69, 9.17) is 10.3 Å². The lowest BCUT2D eigenvalue weighted by Crippen LogP contribution is -2.04. The Morgan fingerprint density at radius 1 is 0.960 bits per heavy atom. The standard InChI is InChI=1S/C20H13N3O2/c21-11-9-14-12-5-1-3-7-16(12)22-18(14)15(10-11)20(24)19-13-6-2-4-8-17(13)25-23-19/h1-10,22H,21H2. The molecule has 0 atom stereocenters. The molecule has 120 valence electrons. The van der Waals surface area contributed by atoms with Gasteiger partial charge in [0.1, 0.15) is 0 Å². The molecule has 0 saturated carbocycles. The molecular weight excluding hydrogens is 314 g/mol. The number of carbonyl (C=O) groups is 1. The summed E-state index contributed by atoms with van der Waals surface area (Å²) in [6, 6.07) is 18.8. The van der Waals surface area contributed by atoms with Crippen molar-refractivity contribution in [3.8, 4) is 0 Å². The number of fused-ring (bicyclic) bond motifs is 4. The van der Waals surface area contributed by atoms with Gasteiger partial charge in [0.2, 0.25) is 5.78 Å². The molecule has 0 aliphatic carbocycles. The molecule has 0 fully saturated rings.